The van der Waals surface area contributed by atoms with Gasteiger partial charge < -0.3 is 9.84 Å². The molecule has 0 aliphatic carbocycles. The van der Waals surface area contributed by atoms with Crippen molar-refractivity contribution in [1.82, 2.24) is 0 Å². The summed E-state index contributed by atoms with van der Waals surface area (Å²) in [6, 6.07) is 12.1. The fourth-order valence-corrected chi connectivity index (χ4v) is 3.84. The number of ether oxygens (including phenoxy) is 1. The molecule has 194 valence electrons. The third-order valence-corrected chi connectivity index (χ3v) is 5.63. The predicted octanol–water partition coefficient (Wildman–Crippen LogP) is 8.77. The molecule has 2 aromatic rings. The fourth-order valence-electron chi connectivity index (χ4n) is 3.84. The molecule has 0 radical (unpaired) electrons. The molecular weight excluding hydrogens is 420 g/mol. The van der Waals surface area contributed by atoms with Crippen molar-refractivity contribution >= 4 is 5.97 Å². The molecule has 0 fully saturated rings. The first-order valence-corrected chi connectivity index (χ1v) is 11.6. The normalized spacial score (nSPS) is 11.2. The van der Waals surface area contributed by atoms with Crippen LogP contribution in [0, 0.1) is 0 Å². The Kier molecular flexibility index (Phi) is 13.7. The van der Waals surface area contributed by atoms with E-state index in [4.69, 9.17) is 9.84 Å². The summed E-state index contributed by atoms with van der Waals surface area (Å²) in [5.74, 6) is 0.631. The minimum atomic E-state index is -0.271. The highest BCUT2D eigenvalue weighted by molar-refractivity contribution is 5.89. The van der Waals surface area contributed by atoms with Gasteiger partial charge in [0, 0.05) is 0 Å². The number of carbonyl (C=O) groups excluding carboxylic acids is 1. The largest absolute Gasteiger partial charge is 0.465 e. The zero-order valence-electron chi connectivity index (χ0n) is 22.1. The quantitative estimate of drug-likeness (QED) is 0.452. The molecule has 0 saturated carbocycles. The number of aliphatic hydroxyl groups excluding tert-OH is 1. The molecule has 0 saturated heterocycles. The Morgan fingerprint density at radius 2 is 1.21 bits per heavy atom. The van der Waals surface area contributed by atoms with Crippen molar-refractivity contribution in [2.45, 2.75) is 113 Å². The monoisotopic (exact) mass is 472 g/mol. The molecule has 0 bridgehead atoms. The number of methoxy groups -OCH3 is 1. The first-order chi connectivity index (χ1) is 14.6. The van der Waals surface area contributed by atoms with Crippen LogP contribution < -0.4 is 0 Å². The Labute approximate surface area is 211 Å². The predicted molar refractivity (Wildman–Crippen MR) is 149 cm³/mol. The van der Waals surface area contributed by atoms with E-state index in [-0.39, 0.29) is 38.3 Å². The van der Waals surface area contributed by atoms with Crippen molar-refractivity contribution < 1.29 is 14.6 Å². The van der Waals surface area contributed by atoms with Gasteiger partial charge in [-0.2, -0.15) is 0 Å². The zero-order valence-corrected chi connectivity index (χ0v) is 22.1. The molecule has 0 amide bonds. The van der Waals surface area contributed by atoms with E-state index < -0.39 is 0 Å². The maximum Gasteiger partial charge on any atom is 0.337 e. The lowest BCUT2D eigenvalue weighted by Crippen LogP contribution is -2.16. The molecule has 0 aliphatic rings. The number of hydrogen-bond donors (Lipinski definition) is 1. The molecular formula is C31H52O3. The molecule has 3 nitrogen and oxygen atoms in total. The van der Waals surface area contributed by atoms with Crippen molar-refractivity contribution in [1.29, 1.82) is 0 Å². The summed E-state index contributed by atoms with van der Waals surface area (Å²) in [6.45, 7) is 22.1. The van der Waals surface area contributed by atoms with Crippen molar-refractivity contribution in [3.05, 3.63) is 69.8 Å². The summed E-state index contributed by atoms with van der Waals surface area (Å²) < 4.78 is 4.76. The Balaban J connectivity index is 0. The molecule has 0 unspecified atom stereocenters. The van der Waals surface area contributed by atoms with Gasteiger partial charge in [0.25, 0.3) is 0 Å². The summed E-state index contributed by atoms with van der Waals surface area (Å²) in [6.07, 6.45) is 0. The Bertz CT molecular complexity index is 894. The lowest BCUT2D eigenvalue weighted by Gasteiger charge is -2.25. The lowest BCUT2D eigenvalue weighted by molar-refractivity contribution is 0.0600. The van der Waals surface area contributed by atoms with E-state index in [2.05, 4.69) is 81.4 Å². The lowest BCUT2D eigenvalue weighted by atomic mass is 9.80. The second kappa shape index (κ2) is 13.7. The fraction of sp³-hybridized carbons (Fsp3) is 0.581. The van der Waals surface area contributed by atoms with Crippen LogP contribution in [0.15, 0.2) is 36.4 Å². The standard InChI is InChI=1S/C15H22O2.C14H22O.2CH4/c1-10(2)12-9-11(14(16)17-6)7-8-13(12)15(3,4)5;1-10(2)12-8-11(9-15)6-7-13(12)14(3,4)5;;/h7-10H,1-6H3;6-8,10,15H,9H2,1-5H3;2*1H4. The minimum absolute atomic E-state index is 0. The van der Waals surface area contributed by atoms with Gasteiger partial charge in [-0.05, 0) is 62.6 Å². The van der Waals surface area contributed by atoms with Gasteiger partial charge in [-0.25, -0.2) is 4.79 Å². The molecule has 2 rings (SSSR count). The van der Waals surface area contributed by atoms with E-state index in [9.17, 15) is 4.79 Å². The second-order valence-electron chi connectivity index (χ2n) is 11.2. The topological polar surface area (TPSA) is 46.5 Å². The smallest absolute Gasteiger partial charge is 0.337 e. The number of rotatable bonds is 4. The minimum Gasteiger partial charge on any atom is -0.465 e. The molecule has 0 heterocycles. The van der Waals surface area contributed by atoms with E-state index >= 15 is 0 Å². The Hall–Kier alpha value is -2.13. The number of aliphatic hydroxyl groups is 1. The van der Waals surface area contributed by atoms with Crippen molar-refractivity contribution in [2.24, 2.45) is 0 Å². The average Bonchev–Trinajstić information content (AvgIpc) is 2.71. The van der Waals surface area contributed by atoms with Gasteiger partial charge in [-0.1, -0.05) is 108 Å². The van der Waals surface area contributed by atoms with Crippen LogP contribution in [0.4, 0.5) is 0 Å². The maximum absolute atomic E-state index is 11.5. The molecule has 34 heavy (non-hydrogen) atoms. The molecule has 3 heteroatoms. The van der Waals surface area contributed by atoms with Gasteiger partial charge >= 0.3 is 5.97 Å². The highest BCUT2D eigenvalue weighted by Gasteiger charge is 2.21. The summed E-state index contributed by atoms with van der Waals surface area (Å²) in [5.41, 5.74) is 7.15. The number of carbonyl (C=O) groups is 1. The van der Waals surface area contributed by atoms with Gasteiger partial charge in [0.15, 0.2) is 0 Å². The van der Waals surface area contributed by atoms with Crippen LogP contribution in [0.3, 0.4) is 0 Å². The van der Waals surface area contributed by atoms with Crippen LogP contribution in [0.5, 0.6) is 0 Å². The van der Waals surface area contributed by atoms with Crippen LogP contribution >= 0.6 is 0 Å². The van der Waals surface area contributed by atoms with Crippen LogP contribution in [-0.4, -0.2) is 18.2 Å². The number of esters is 1. The van der Waals surface area contributed by atoms with Crippen molar-refractivity contribution in [3.63, 3.8) is 0 Å². The maximum atomic E-state index is 11.5. The van der Waals surface area contributed by atoms with E-state index in [1.54, 1.807) is 0 Å². The van der Waals surface area contributed by atoms with E-state index in [1.807, 2.05) is 24.3 Å². The highest BCUT2D eigenvalue weighted by atomic mass is 16.5. The van der Waals surface area contributed by atoms with E-state index in [1.165, 1.54) is 29.4 Å². The van der Waals surface area contributed by atoms with Crippen LogP contribution in [-0.2, 0) is 22.2 Å². The SMILES string of the molecule is C.C.CC(C)c1cc(CO)ccc1C(C)(C)C.COC(=O)c1ccc(C(C)(C)C)c(C(C)C)c1. The van der Waals surface area contributed by atoms with Crippen LogP contribution in [0.1, 0.15) is 134 Å². The Morgan fingerprint density at radius 1 is 0.794 bits per heavy atom. The first kappa shape index (κ1) is 34.0. The molecule has 0 atom stereocenters. The average molecular weight is 473 g/mol. The third kappa shape index (κ3) is 9.25. The Morgan fingerprint density at radius 3 is 1.56 bits per heavy atom. The summed E-state index contributed by atoms with van der Waals surface area (Å²) in [7, 11) is 1.41. The van der Waals surface area contributed by atoms with Gasteiger partial charge in [0.2, 0.25) is 0 Å². The van der Waals surface area contributed by atoms with Crippen LogP contribution in [0.25, 0.3) is 0 Å². The van der Waals surface area contributed by atoms with Gasteiger partial charge in [0.05, 0.1) is 19.3 Å². The summed E-state index contributed by atoms with van der Waals surface area (Å²) >= 11 is 0. The van der Waals surface area contributed by atoms with Crippen molar-refractivity contribution in [3.8, 4) is 0 Å². The summed E-state index contributed by atoms with van der Waals surface area (Å²) in [5, 5.41) is 9.14. The highest BCUT2D eigenvalue weighted by Crippen LogP contribution is 2.32. The zero-order chi connectivity index (χ0) is 24.9. The molecule has 2 aromatic carbocycles. The third-order valence-electron chi connectivity index (χ3n) is 5.63. The van der Waals surface area contributed by atoms with E-state index in [0.717, 1.165) is 5.56 Å². The molecule has 0 aromatic heterocycles. The molecule has 0 aliphatic heterocycles. The van der Waals surface area contributed by atoms with E-state index in [0.29, 0.717) is 17.4 Å². The number of benzene rings is 2. The van der Waals surface area contributed by atoms with Gasteiger partial charge in [0.1, 0.15) is 0 Å². The summed E-state index contributed by atoms with van der Waals surface area (Å²) in [4.78, 5) is 11.5. The number of hydrogen-bond acceptors (Lipinski definition) is 3. The van der Waals surface area contributed by atoms with Gasteiger partial charge in [-0.3, -0.25) is 0 Å². The first-order valence-electron chi connectivity index (χ1n) is 11.6. The molecule has 1 N–H and O–H groups in total. The van der Waals surface area contributed by atoms with Crippen LogP contribution in [0.2, 0.25) is 0 Å². The van der Waals surface area contributed by atoms with Crippen molar-refractivity contribution in [2.75, 3.05) is 7.11 Å². The van der Waals surface area contributed by atoms with Gasteiger partial charge in [-0.15, -0.1) is 0 Å². The second-order valence-corrected chi connectivity index (χ2v) is 11.2. The molecule has 0 spiro atoms.